The highest BCUT2D eigenvalue weighted by atomic mass is 32.2. The first-order valence-corrected chi connectivity index (χ1v) is 13.7. The number of ether oxygens (including phenoxy) is 1. The van der Waals surface area contributed by atoms with Gasteiger partial charge in [-0.2, -0.15) is 4.80 Å². The quantitative estimate of drug-likeness (QED) is 0.402. The van der Waals surface area contributed by atoms with Gasteiger partial charge >= 0.3 is 6.09 Å². The molecule has 0 radical (unpaired) electrons. The summed E-state index contributed by atoms with van der Waals surface area (Å²) in [4.78, 5) is 15.5. The van der Waals surface area contributed by atoms with Gasteiger partial charge in [-0.15, -0.1) is 16.8 Å². The van der Waals surface area contributed by atoms with Crippen molar-refractivity contribution in [3.8, 4) is 11.4 Å². The normalized spacial score (nSPS) is 15.4. The number of nitrogens with zero attached hydrogens (tertiary/aromatic N) is 5. The van der Waals surface area contributed by atoms with Crippen LogP contribution in [0.2, 0.25) is 0 Å². The number of carbonyl (C=O) groups is 1. The zero-order chi connectivity index (χ0) is 25.5. The Bertz CT molecular complexity index is 1270. The second-order valence-electron chi connectivity index (χ2n) is 9.01. The number of benzene rings is 2. The summed E-state index contributed by atoms with van der Waals surface area (Å²) in [5.41, 5.74) is 2.37. The number of tetrazole rings is 1. The van der Waals surface area contributed by atoms with E-state index in [1.165, 1.54) is 10.9 Å². The minimum Gasteiger partial charge on any atom is -0.445 e. The molecule has 1 aromatic heterocycles. The van der Waals surface area contributed by atoms with E-state index in [2.05, 4.69) is 22.0 Å². The van der Waals surface area contributed by atoms with Crippen molar-refractivity contribution in [1.82, 2.24) is 25.1 Å². The van der Waals surface area contributed by atoms with Crippen molar-refractivity contribution >= 4 is 15.9 Å². The molecule has 1 aliphatic heterocycles. The Kier molecular flexibility index (Phi) is 8.14. The van der Waals surface area contributed by atoms with Gasteiger partial charge in [-0.1, -0.05) is 60.7 Å². The van der Waals surface area contributed by atoms with Gasteiger partial charge < -0.3 is 9.64 Å². The largest absolute Gasteiger partial charge is 0.445 e. The van der Waals surface area contributed by atoms with E-state index in [1.807, 2.05) is 30.3 Å². The maximum Gasteiger partial charge on any atom is 0.410 e. The molecular formula is C26H31N5O4S. The molecule has 9 nitrogen and oxygen atoms in total. The second kappa shape index (κ2) is 11.5. The Hall–Kier alpha value is -3.53. The van der Waals surface area contributed by atoms with E-state index in [0.717, 1.165) is 24.0 Å². The van der Waals surface area contributed by atoms with Crippen LogP contribution in [0.15, 0.2) is 67.3 Å². The van der Waals surface area contributed by atoms with Crippen LogP contribution < -0.4 is 0 Å². The number of amides is 1. The van der Waals surface area contributed by atoms with Crippen molar-refractivity contribution in [2.45, 2.75) is 31.1 Å². The molecule has 0 bridgehead atoms. The molecule has 0 spiro atoms. The maximum absolute atomic E-state index is 13.2. The monoisotopic (exact) mass is 509 g/mol. The number of carbonyl (C=O) groups excluding carboxylic acids is 1. The van der Waals surface area contributed by atoms with Gasteiger partial charge in [0.15, 0.2) is 9.84 Å². The van der Waals surface area contributed by atoms with Crippen LogP contribution in [-0.2, 0) is 28.2 Å². The third-order valence-corrected chi connectivity index (χ3v) is 8.54. The topological polar surface area (TPSA) is 107 Å². The molecule has 2 heterocycles. The number of rotatable bonds is 9. The van der Waals surface area contributed by atoms with Crippen LogP contribution in [0, 0.1) is 5.92 Å². The van der Waals surface area contributed by atoms with Crippen molar-refractivity contribution in [1.29, 1.82) is 0 Å². The highest BCUT2D eigenvalue weighted by Gasteiger charge is 2.28. The van der Waals surface area contributed by atoms with E-state index in [-0.39, 0.29) is 24.4 Å². The number of hydrogen-bond donors (Lipinski definition) is 0. The molecule has 190 valence electrons. The third kappa shape index (κ3) is 6.37. The lowest BCUT2D eigenvalue weighted by Crippen LogP contribution is -2.39. The minimum absolute atomic E-state index is 0.0697. The van der Waals surface area contributed by atoms with Crippen LogP contribution in [0.3, 0.4) is 0 Å². The van der Waals surface area contributed by atoms with Crippen LogP contribution in [-0.4, -0.2) is 58.5 Å². The Morgan fingerprint density at radius 2 is 1.83 bits per heavy atom. The van der Waals surface area contributed by atoms with E-state index in [0.29, 0.717) is 30.9 Å². The molecule has 1 atom stereocenters. The lowest BCUT2D eigenvalue weighted by atomic mass is 9.95. The fraction of sp³-hybridized carbons (Fsp3) is 0.385. The summed E-state index contributed by atoms with van der Waals surface area (Å²) in [6.07, 6.45) is 3.23. The molecule has 1 aliphatic rings. The van der Waals surface area contributed by atoms with Crippen molar-refractivity contribution in [2.24, 2.45) is 13.0 Å². The van der Waals surface area contributed by atoms with Crippen LogP contribution in [0.4, 0.5) is 4.79 Å². The molecule has 10 heteroatoms. The molecule has 3 aromatic rings. The molecule has 1 fully saturated rings. The lowest BCUT2D eigenvalue weighted by molar-refractivity contribution is 0.0820. The van der Waals surface area contributed by atoms with E-state index in [4.69, 9.17) is 4.74 Å². The summed E-state index contributed by atoms with van der Waals surface area (Å²) < 4.78 is 31.7. The predicted molar refractivity (Wildman–Crippen MR) is 136 cm³/mol. The molecule has 36 heavy (non-hydrogen) atoms. The molecule has 1 saturated heterocycles. The molecule has 0 saturated carbocycles. The summed E-state index contributed by atoms with van der Waals surface area (Å²) in [5, 5.41) is 11.2. The Labute approximate surface area is 211 Å². The molecule has 1 unspecified atom stereocenters. The summed E-state index contributed by atoms with van der Waals surface area (Å²) in [6, 6.07) is 16.7. The van der Waals surface area contributed by atoms with Gasteiger partial charge in [0.05, 0.1) is 12.8 Å². The number of likely N-dealkylation sites (tertiary alicyclic amines) is 1. The fourth-order valence-electron chi connectivity index (χ4n) is 4.38. The lowest BCUT2D eigenvalue weighted by Gasteiger charge is -2.31. The molecular weight excluding hydrogens is 478 g/mol. The van der Waals surface area contributed by atoms with Crippen molar-refractivity contribution in [3.63, 3.8) is 0 Å². The average Bonchev–Trinajstić information content (AvgIpc) is 3.34. The maximum atomic E-state index is 13.2. The summed E-state index contributed by atoms with van der Waals surface area (Å²) in [5.74, 6) is 0.797. The number of aromatic nitrogens is 4. The smallest absolute Gasteiger partial charge is 0.410 e. The van der Waals surface area contributed by atoms with E-state index in [9.17, 15) is 13.2 Å². The number of sulfone groups is 1. The summed E-state index contributed by atoms with van der Waals surface area (Å²) >= 11 is 0. The molecule has 0 aliphatic carbocycles. The summed E-state index contributed by atoms with van der Waals surface area (Å²) in [6.45, 7) is 5.16. The van der Waals surface area contributed by atoms with E-state index < -0.39 is 15.1 Å². The zero-order valence-electron chi connectivity index (χ0n) is 20.4. The van der Waals surface area contributed by atoms with Gasteiger partial charge in [0.25, 0.3) is 0 Å². The van der Waals surface area contributed by atoms with E-state index >= 15 is 0 Å². The van der Waals surface area contributed by atoms with Crippen molar-refractivity contribution in [3.05, 3.63) is 78.4 Å². The predicted octanol–water partition coefficient (Wildman–Crippen LogP) is 3.96. The SMILES string of the molecule is C=CC(c1ccc(-c2nnn(C)n2)cc1)S(=O)(=O)CCC1CCN(C(=O)OCc2ccccc2)CC1. The zero-order valence-corrected chi connectivity index (χ0v) is 21.2. The van der Waals surface area contributed by atoms with Gasteiger partial charge in [-0.05, 0) is 41.5 Å². The molecule has 4 rings (SSSR count). The van der Waals surface area contributed by atoms with Crippen LogP contribution in [0.1, 0.15) is 35.6 Å². The van der Waals surface area contributed by atoms with Crippen LogP contribution in [0.25, 0.3) is 11.4 Å². The number of piperidine rings is 1. The van der Waals surface area contributed by atoms with E-state index in [1.54, 1.807) is 36.2 Å². The molecule has 2 aromatic carbocycles. The molecule has 1 amide bonds. The van der Waals surface area contributed by atoms with Crippen LogP contribution in [0.5, 0.6) is 0 Å². The van der Waals surface area contributed by atoms with Gasteiger partial charge in [0.2, 0.25) is 5.82 Å². The van der Waals surface area contributed by atoms with Gasteiger partial charge in [-0.3, -0.25) is 0 Å². The van der Waals surface area contributed by atoms with Gasteiger partial charge in [0, 0.05) is 18.7 Å². The first kappa shape index (κ1) is 25.6. The first-order valence-electron chi connectivity index (χ1n) is 12.0. The third-order valence-electron chi connectivity index (χ3n) is 6.50. The highest BCUT2D eigenvalue weighted by molar-refractivity contribution is 7.91. The van der Waals surface area contributed by atoms with Crippen LogP contribution >= 0.6 is 0 Å². The van der Waals surface area contributed by atoms with Gasteiger partial charge in [-0.25, -0.2) is 13.2 Å². The highest BCUT2D eigenvalue weighted by Crippen LogP contribution is 2.29. The summed E-state index contributed by atoms with van der Waals surface area (Å²) in [7, 11) is -1.75. The standard InChI is InChI=1S/C26H31N5O4S/c1-3-24(22-9-11-23(12-10-22)25-27-29-30(2)28-25)36(33,34)18-15-20-13-16-31(17-14-20)26(32)35-19-21-7-5-4-6-8-21/h3-12,20,24H,1,13-19H2,2H3. The fourth-order valence-corrected chi connectivity index (χ4v) is 6.17. The Balaban J connectivity index is 1.27. The minimum atomic E-state index is -3.44. The Morgan fingerprint density at radius 3 is 2.44 bits per heavy atom. The molecule has 0 N–H and O–H groups in total. The number of hydrogen-bond acceptors (Lipinski definition) is 7. The van der Waals surface area contributed by atoms with Crippen molar-refractivity contribution < 1.29 is 17.9 Å². The Morgan fingerprint density at radius 1 is 1.14 bits per heavy atom. The van der Waals surface area contributed by atoms with Gasteiger partial charge in [0.1, 0.15) is 11.9 Å². The average molecular weight is 510 g/mol. The first-order chi connectivity index (χ1) is 17.4. The number of aryl methyl sites for hydroxylation is 1. The second-order valence-corrected chi connectivity index (χ2v) is 11.2. The van der Waals surface area contributed by atoms with Crippen molar-refractivity contribution in [2.75, 3.05) is 18.8 Å².